The van der Waals surface area contributed by atoms with Crippen molar-refractivity contribution in [3.05, 3.63) is 42.0 Å². The summed E-state index contributed by atoms with van der Waals surface area (Å²) in [5.74, 6) is 0. The molecule has 2 N–H and O–H groups in total. The molecule has 0 fully saturated rings. The molecule has 0 atom stereocenters. The van der Waals surface area contributed by atoms with Crippen LogP contribution in [0.1, 0.15) is 11.1 Å². The summed E-state index contributed by atoms with van der Waals surface area (Å²) in [6, 6.07) is 4.79. The van der Waals surface area contributed by atoms with Gasteiger partial charge in [0, 0.05) is 13.1 Å². The summed E-state index contributed by atoms with van der Waals surface area (Å²) < 4.78 is 26.1. The average molecular weight is 285 g/mol. The Morgan fingerprint density at radius 2 is 2.05 bits per heavy atom. The van der Waals surface area contributed by atoms with Crippen LogP contribution >= 0.6 is 0 Å². The molecule has 6 heteroatoms. The van der Waals surface area contributed by atoms with E-state index in [-0.39, 0.29) is 31.2 Å². The summed E-state index contributed by atoms with van der Waals surface area (Å²) in [5, 5.41) is 18.1. The van der Waals surface area contributed by atoms with Gasteiger partial charge in [-0.15, -0.1) is 6.58 Å². The van der Waals surface area contributed by atoms with Crippen LogP contribution in [0.3, 0.4) is 0 Å². The van der Waals surface area contributed by atoms with E-state index in [4.69, 9.17) is 10.2 Å². The smallest absolute Gasteiger partial charge is 0.243 e. The SMILES string of the molecule is C=CCN(CCO)S(=O)(=O)c1cc(CO)ccc1C. The van der Waals surface area contributed by atoms with Gasteiger partial charge in [-0.2, -0.15) is 4.31 Å². The Labute approximate surface area is 113 Å². The van der Waals surface area contributed by atoms with Crippen LogP contribution in [-0.4, -0.2) is 42.6 Å². The lowest BCUT2D eigenvalue weighted by Crippen LogP contribution is -2.34. The number of nitrogens with zero attached hydrogens (tertiary/aromatic N) is 1. The van der Waals surface area contributed by atoms with Gasteiger partial charge in [-0.25, -0.2) is 8.42 Å². The molecule has 0 bridgehead atoms. The van der Waals surface area contributed by atoms with Crippen molar-refractivity contribution in [1.82, 2.24) is 4.31 Å². The van der Waals surface area contributed by atoms with Crippen molar-refractivity contribution in [1.29, 1.82) is 0 Å². The van der Waals surface area contributed by atoms with Gasteiger partial charge in [0.1, 0.15) is 0 Å². The maximum absolute atomic E-state index is 12.5. The van der Waals surface area contributed by atoms with Crippen molar-refractivity contribution in [2.45, 2.75) is 18.4 Å². The van der Waals surface area contributed by atoms with Crippen LogP contribution in [0.5, 0.6) is 0 Å². The minimum absolute atomic E-state index is 0.0111. The number of hydrogen-bond donors (Lipinski definition) is 2. The molecule has 106 valence electrons. The van der Waals surface area contributed by atoms with E-state index < -0.39 is 10.0 Å². The van der Waals surface area contributed by atoms with E-state index in [0.717, 1.165) is 4.31 Å². The highest BCUT2D eigenvalue weighted by Crippen LogP contribution is 2.21. The van der Waals surface area contributed by atoms with Crippen LogP contribution < -0.4 is 0 Å². The van der Waals surface area contributed by atoms with E-state index in [9.17, 15) is 8.42 Å². The Morgan fingerprint density at radius 3 is 2.58 bits per heavy atom. The normalized spacial score (nSPS) is 11.8. The molecule has 0 aliphatic heterocycles. The first-order chi connectivity index (χ1) is 8.97. The molecule has 0 unspecified atom stereocenters. The van der Waals surface area contributed by atoms with Crippen molar-refractivity contribution in [2.75, 3.05) is 19.7 Å². The average Bonchev–Trinajstić information content (AvgIpc) is 2.39. The summed E-state index contributed by atoms with van der Waals surface area (Å²) in [6.07, 6.45) is 1.47. The van der Waals surface area contributed by atoms with E-state index in [1.165, 1.54) is 12.1 Å². The topological polar surface area (TPSA) is 77.8 Å². The molecule has 0 aliphatic rings. The molecule has 0 heterocycles. The van der Waals surface area contributed by atoms with Crippen LogP contribution in [-0.2, 0) is 16.6 Å². The highest BCUT2D eigenvalue weighted by molar-refractivity contribution is 7.89. The van der Waals surface area contributed by atoms with Gasteiger partial charge in [-0.1, -0.05) is 18.2 Å². The van der Waals surface area contributed by atoms with Crippen LogP contribution in [0, 0.1) is 6.92 Å². The monoisotopic (exact) mass is 285 g/mol. The second-order valence-corrected chi connectivity index (χ2v) is 6.04. The molecule has 0 spiro atoms. The fourth-order valence-electron chi connectivity index (χ4n) is 1.72. The summed E-state index contributed by atoms with van der Waals surface area (Å²) in [7, 11) is -3.70. The van der Waals surface area contributed by atoms with Gasteiger partial charge in [-0.3, -0.25) is 0 Å². The molecular weight excluding hydrogens is 266 g/mol. The number of aliphatic hydroxyl groups excluding tert-OH is 2. The third-order valence-electron chi connectivity index (χ3n) is 2.74. The molecule has 0 aromatic heterocycles. The molecule has 1 rings (SSSR count). The number of aliphatic hydroxyl groups is 2. The fraction of sp³-hybridized carbons (Fsp3) is 0.385. The molecule has 0 saturated heterocycles. The standard InChI is InChI=1S/C13H19NO4S/c1-3-6-14(7-8-15)19(17,18)13-9-12(10-16)5-4-11(13)2/h3-5,9,15-16H,1,6-8,10H2,2H3. The number of aryl methyl sites for hydroxylation is 1. The van der Waals surface area contributed by atoms with E-state index in [1.807, 2.05) is 0 Å². The lowest BCUT2D eigenvalue weighted by Gasteiger charge is -2.21. The van der Waals surface area contributed by atoms with Crippen LogP contribution in [0.15, 0.2) is 35.7 Å². The number of benzene rings is 1. The maximum Gasteiger partial charge on any atom is 0.243 e. The van der Waals surface area contributed by atoms with Gasteiger partial charge >= 0.3 is 0 Å². The Hall–Kier alpha value is -1.21. The maximum atomic E-state index is 12.5. The molecular formula is C13H19NO4S. The predicted octanol–water partition coefficient (Wildman–Crippen LogP) is 0.656. The first kappa shape index (κ1) is 15.8. The van der Waals surface area contributed by atoms with Crippen molar-refractivity contribution < 1.29 is 18.6 Å². The summed E-state index contributed by atoms with van der Waals surface area (Å²) in [4.78, 5) is 0.148. The lowest BCUT2D eigenvalue weighted by molar-refractivity contribution is 0.260. The fourth-order valence-corrected chi connectivity index (χ4v) is 3.40. The van der Waals surface area contributed by atoms with Gasteiger partial charge in [0.05, 0.1) is 18.1 Å². The highest BCUT2D eigenvalue weighted by Gasteiger charge is 2.24. The number of rotatable bonds is 7. The lowest BCUT2D eigenvalue weighted by atomic mass is 10.2. The Morgan fingerprint density at radius 1 is 1.37 bits per heavy atom. The van der Waals surface area contributed by atoms with Crippen LogP contribution in [0.4, 0.5) is 0 Å². The van der Waals surface area contributed by atoms with Crippen molar-refractivity contribution in [2.24, 2.45) is 0 Å². The minimum Gasteiger partial charge on any atom is -0.395 e. The van der Waals surface area contributed by atoms with E-state index in [0.29, 0.717) is 11.1 Å². The number of sulfonamides is 1. The van der Waals surface area contributed by atoms with Gasteiger partial charge in [-0.05, 0) is 24.1 Å². The molecule has 0 radical (unpaired) electrons. The van der Waals surface area contributed by atoms with Gasteiger partial charge < -0.3 is 10.2 Å². The number of hydrogen-bond acceptors (Lipinski definition) is 4. The van der Waals surface area contributed by atoms with Gasteiger partial charge in [0.2, 0.25) is 10.0 Å². The van der Waals surface area contributed by atoms with E-state index >= 15 is 0 Å². The quantitative estimate of drug-likeness (QED) is 0.721. The minimum atomic E-state index is -3.70. The Kier molecular flexibility index (Phi) is 5.68. The van der Waals surface area contributed by atoms with Crippen LogP contribution in [0.25, 0.3) is 0 Å². The van der Waals surface area contributed by atoms with E-state index in [1.54, 1.807) is 19.1 Å². The zero-order valence-electron chi connectivity index (χ0n) is 10.9. The van der Waals surface area contributed by atoms with Gasteiger partial charge in [0.15, 0.2) is 0 Å². The molecule has 1 aromatic carbocycles. The largest absolute Gasteiger partial charge is 0.395 e. The highest BCUT2D eigenvalue weighted by atomic mass is 32.2. The third kappa shape index (κ3) is 3.63. The summed E-state index contributed by atoms with van der Waals surface area (Å²) in [5.41, 5.74) is 1.14. The zero-order valence-corrected chi connectivity index (χ0v) is 11.7. The van der Waals surface area contributed by atoms with Crippen molar-refractivity contribution >= 4 is 10.0 Å². The summed E-state index contributed by atoms with van der Waals surface area (Å²) in [6.45, 7) is 4.88. The second kappa shape index (κ2) is 6.81. The first-order valence-electron chi connectivity index (χ1n) is 5.89. The molecule has 0 aliphatic carbocycles. The molecule has 19 heavy (non-hydrogen) atoms. The Bertz CT molecular complexity index is 540. The third-order valence-corrected chi connectivity index (χ3v) is 4.74. The van der Waals surface area contributed by atoms with Crippen LogP contribution in [0.2, 0.25) is 0 Å². The molecule has 5 nitrogen and oxygen atoms in total. The summed E-state index contributed by atoms with van der Waals surface area (Å²) >= 11 is 0. The van der Waals surface area contributed by atoms with Crippen molar-refractivity contribution in [3.63, 3.8) is 0 Å². The molecule has 0 amide bonds. The predicted molar refractivity (Wildman–Crippen MR) is 73.1 cm³/mol. The Balaban J connectivity index is 3.27. The second-order valence-electron chi connectivity index (χ2n) is 4.13. The molecule has 1 aromatic rings. The molecule has 0 saturated carbocycles. The first-order valence-corrected chi connectivity index (χ1v) is 7.33. The van der Waals surface area contributed by atoms with Gasteiger partial charge in [0.25, 0.3) is 0 Å². The zero-order chi connectivity index (χ0) is 14.5. The van der Waals surface area contributed by atoms with E-state index in [2.05, 4.69) is 6.58 Å². The van der Waals surface area contributed by atoms with Crippen molar-refractivity contribution in [3.8, 4) is 0 Å².